The summed E-state index contributed by atoms with van der Waals surface area (Å²) in [6, 6.07) is 10.6. The molecule has 1 aromatic rings. The zero-order valence-corrected chi connectivity index (χ0v) is 10.6. The van der Waals surface area contributed by atoms with Crippen LogP contribution in [0.3, 0.4) is 0 Å². The van der Waals surface area contributed by atoms with E-state index < -0.39 is 11.3 Å². The quantitative estimate of drug-likeness (QED) is 0.808. The summed E-state index contributed by atoms with van der Waals surface area (Å²) >= 11 is -1.25. The van der Waals surface area contributed by atoms with E-state index in [1.54, 1.807) is 0 Å². The van der Waals surface area contributed by atoms with Crippen LogP contribution in [0.2, 0.25) is 0 Å². The number of rotatable bonds is 2. The molecule has 0 bridgehead atoms. The van der Waals surface area contributed by atoms with Crippen molar-refractivity contribution in [3.8, 4) is 0 Å². The Labute approximate surface area is 105 Å². The summed E-state index contributed by atoms with van der Waals surface area (Å²) in [6.45, 7) is 0.731. The SMILES string of the molecule is O=S1O[C@@H]2CCCC[C@@H]2N1Cc1ccccc1. The normalized spacial score (nSPS) is 33.5. The van der Waals surface area contributed by atoms with E-state index in [-0.39, 0.29) is 6.10 Å². The highest BCUT2D eigenvalue weighted by molar-refractivity contribution is 7.78. The Morgan fingerprint density at radius 3 is 2.82 bits per heavy atom. The van der Waals surface area contributed by atoms with Crippen LogP contribution in [0.5, 0.6) is 0 Å². The molecule has 1 aromatic carbocycles. The molecule has 92 valence electrons. The molecule has 2 fully saturated rings. The Bertz CT molecular complexity index is 409. The van der Waals surface area contributed by atoms with Gasteiger partial charge < -0.3 is 0 Å². The Kier molecular flexibility index (Phi) is 3.27. The van der Waals surface area contributed by atoms with Crippen LogP contribution in [0.25, 0.3) is 0 Å². The molecule has 1 unspecified atom stereocenters. The minimum Gasteiger partial charge on any atom is -0.273 e. The molecule has 17 heavy (non-hydrogen) atoms. The molecule has 4 heteroatoms. The third-order valence-corrected chi connectivity index (χ3v) is 4.81. The van der Waals surface area contributed by atoms with Crippen LogP contribution in [0.1, 0.15) is 31.2 Å². The second kappa shape index (κ2) is 4.88. The lowest BCUT2D eigenvalue weighted by molar-refractivity contribution is 0.145. The van der Waals surface area contributed by atoms with Gasteiger partial charge in [-0.15, -0.1) is 0 Å². The first-order chi connectivity index (χ1) is 8.34. The predicted molar refractivity (Wildman–Crippen MR) is 67.3 cm³/mol. The smallest absolute Gasteiger partial charge is 0.238 e. The Hall–Kier alpha value is -0.710. The molecule has 0 spiro atoms. The topological polar surface area (TPSA) is 29.5 Å². The van der Waals surface area contributed by atoms with E-state index in [0.29, 0.717) is 6.04 Å². The molecule has 1 saturated carbocycles. The molecular formula is C13H17NO2S. The summed E-state index contributed by atoms with van der Waals surface area (Å²) in [5, 5.41) is 0. The van der Waals surface area contributed by atoms with Gasteiger partial charge in [0.15, 0.2) is 0 Å². The number of nitrogens with zero attached hydrogens (tertiary/aromatic N) is 1. The van der Waals surface area contributed by atoms with Crippen molar-refractivity contribution in [3.63, 3.8) is 0 Å². The summed E-state index contributed by atoms with van der Waals surface area (Å²) in [5.74, 6) is 0. The average molecular weight is 251 g/mol. The van der Waals surface area contributed by atoms with Crippen LogP contribution in [0, 0.1) is 0 Å². The van der Waals surface area contributed by atoms with Crippen molar-refractivity contribution >= 4 is 11.3 Å². The fraction of sp³-hybridized carbons (Fsp3) is 0.538. The fourth-order valence-electron chi connectivity index (χ4n) is 2.72. The third-order valence-electron chi connectivity index (χ3n) is 3.62. The first-order valence-corrected chi connectivity index (χ1v) is 7.27. The molecule has 0 radical (unpaired) electrons. The predicted octanol–water partition coefficient (Wildman–Crippen LogP) is 2.41. The summed E-state index contributed by atoms with van der Waals surface area (Å²) < 4.78 is 19.5. The van der Waals surface area contributed by atoms with Gasteiger partial charge in [-0.2, -0.15) is 4.31 Å². The van der Waals surface area contributed by atoms with E-state index in [4.69, 9.17) is 4.18 Å². The van der Waals surface area contributed by atoms with Gasteiger partial charge in [-0.1, -0.05) is 43.2 Å². The maximum Gasteiger partial charge on any atom is 0.238 e. The highest BCUT2D eigenvalue weighted by atomic mass is 32.2. The van der Waals surface area contributed by atoms with Crippen LogP contribution in [0.15, 0.2) is 30.3 Å². The van der Waals surface area contributed by atoms with E-state index in [2.05, 4.69) is 12.1 Å². The zero-order chi connectivity index (χ0) is 11.7. The maximum absolute atomic E-state index is 12.0. The summed E-state index contributed by atoms with van der Waals surface area (Å²) in [4.78, 5) is 0. The Morgan fingerprint density at radius 2 is 2.00 bits per heavy atom. The van der Waals surface area contributed by atoms with Gasteiger partial charge in [-0.05, 0) is 18.4 Å². The van der Waals surface area contributed by atoms with Gasteiger partial charge in [0, 0.05) is 6.54 Å². The number of hydrogen-bond acceptors (Lipinski definition) is 2. The van der Waals surface area contributed by atoms with Gasteiger partial charge in [-0.25, -0.2) is 4.21 Å². The van der Waals surface area contributed by atoms with Crippen LogP contribution in [0.4, 0.5) is 0 Å². The highest BCUT2D eigenvalue weighted by Gasteiger charge is 2.42. The van der Waals surface area contributed by atoms with E-state index in [0.717, 1.165) is 19.4 Å². The molecule has 1 aliphatic carbocycles. The van der Waals surface area contributed by atoms with Crippen LogP contribution >= 0.6 is 0 Å². The van der Waals surface area contributed by atoms with Gasteiger partial charge >= 0.3 is 0 Å². The van der Waals surface area contributed by atoms with Crippen LogP contribution in [-0.4, -0.2) is 20.7 Å². The van der Waals surface area contributed by atoms with Gasteiger partial charge in [0.2, 0.25) is 11.3 Å². The van der Waals surface area contributed by atoms with E-state index in [1.165, 1.54) is 18.4 Å². The Morgan fingerprint density at radius 1 is 1.24 bits per heavy atom. The first kappa shape index (κ1) is 11.4. The second-order valence-corrected chi connectivity index (χ2v) is 5.86. The fourth-order valence-corrected chi connectivity index (χ4v) is 3.99. The zero-order valence-electron chi connectivity index (χ0n) is 9.75. The molecule has 1 saturated heterocycles. The summed E-state index contributed by atoms with van der Waals surface area (Å²) in [5.41, 5.74) is 1.20. The maximum atomic E-state index is 12.0. The lowest BCUT2D eigenvalue weighted by Gasteiger charge is -2.27. The molecule has 1 heterocycles. The van der Waals surface area contributed by atoms with Crippen molar-refractivity contribution in [2.24, 2.45) is 0 Å². The minimum atomic E-state index is -1.25. The lowest BCUT2D eigenvalue weighted by atomic mass is 9.92. The van der Waals surface area contributed by atoms with E-state index in [9.17, 15) is 4.21 Å². The van der Waals surface area contributed by atoms with Crippen molar-refractivity contribution < 1.29 is 8.39 Å². The van der Waals surface area contributed by atoms with Crippen molar-refractivity contribution in [3.05, 3.63) is 35.9 Å². The van der Waals surface area contributed by atoms with E-state index in [1.807, 2.05) is 22.5 Å². The van der Waals surface area contributed by atoms with Crippen molar-refractivity contribution in [1.82, 2.24) is 4.31 Å². The van der Waals surface area contributed by atoms with Gasteiger partial charge in [0.1, 0.15) is 0 Å². The van der Waals surface area contributed by atoms with Crippen LogP contribution in [-0.2, 0) is 22.0 Å². The Balaban J connectivity index is 1.76. The molecule has 3 atom stereocenters. The molecule has 2 aliphatic rings. The van der Waals surface area contributed by atoms with Gasteiger partial charge in [0.05, 0.1) is 12.1 Å². The minimum absolute atomic E-state index is 0.188. The van der Waals surface area contributed by atoms with Crippen LogP contribution < -0.4 is 0 Å². The number of benzene rings is 1. The van der Waals surface area contributed by atoms with Crippen molar-refractivity contribution in [2.75, 3.05) is 0 Å². The molecule has 0 aromatic heterocycles. The third kappa shape index (κ3) is 2.30. The largest absolute Gasteiger partial charge is 0.273 e. The van der Waals surface area contributed by atoms with E-state index >= 15 is 0 Å². The van der Waals surface area contributed by atoms with Crippen molar-refractivity contribution in [1.29, 1.82) is 0 Å². The summed E-state index contributed by atoms with van der Waals surface area (Å²) in [7, 11) is 0. The highest BCUT2D eigenvalue weighted by Crippen LogP contribution is 2.34. The lowest BCUT2D eigenvalue weighted by Crippen LogP contribution is -2.37. The summed E-state index contributed by atoms with van der Waals surface area (Å²) in [6.07, 6.45) is 4.79. The monoisotopic (exact) mass is 251 g/mol. The standard InChI is InChI=1S/C13H17NO2S/c15-17-14(10-11-6-2-1-3-7-11)12-8-4-5-9-13(12)16-17/h1-3,6-7,12-13H,4-5,8-10H2/t12-,13+,17?/m0/s1. The number of fused-ring (bicyclic) bond motifs is 1. The second-order valence-electron chi connectivity index (χ2n) is 4.76. The first-order valence-electron chi connectivity index (χ1n) is 6.24. The molecule has 0 N–H and O–H groups in total. The molecule has 1 aliphatic heterocycles. The number of hydrogen-bond donors (Lipinski definition) is 0. The van der Waals surface area contributed by atoms with Gasteiger partial charge in [-0.3, -0.25) is 4.18 Å². The van der Waals surface area contributed by atoms with Crippen molar-refractivity contribution in [2.45, 2.75) is 44.4 Å². The molecular weight excluding hydrogens is 234 g/mol. The molecule has 0 amide bonds. The van der Waals surface area contributed by atoms with Gasteiger partial charge in [0.25, 0.3) is 0 Å². The average Bonchev–Trinajstić information content (AvgIpc) is 2.68. The molecule has 3 nitrogen and oxygen atoms in total. The molecule has 3 rings (SSSR count).